The van der Waals surface area contributed by atoms with Crippen molar-refractivity contribution in [2.24, 2.45) is 4.99 Å². The number of guanidine groups is 1. The molecule has 1 rings (SSSR count). The average Bonchev–Trinajstić information content (AvgIpc) is 2.45. The zero-order valence-corrected chi connectivity index (χ0v) is 17.3. The molecule has 0 amide bonds. The summed E-state index contributed by atoms with van der Waals surface area (Å²) in [6, 6.07) is -1.45. The molecule has 0 spiro atoms. The Morgan fingerprint density at radius 3 is 2.21 bits per heavy atom. The Labute approximate surface area is 158 Å². The van der Waals surface area contributed by atoms with Crippen LogP contribution in [0.2, 0.25) is 0 Å². The standard InChI is InChI=1S/C13H25F3N4O2S.HI/c1-11(13(14,15)16)19-6-8-20(9-7-19)12(17-2)18-5-4-10-23(3,21)22;/h11H,4-10H2,1-3H3,(H,17,18);1H. The normalized spacial score (nSPS) is 18.9. The van der Waals surface area contributed by atoms with Crippen LogP contribution in [0.1, 0.15) is 13.3 Å². The van der Waals surface area contributed by atoms with E-state index in [0.29, 0.717) is 45.1 Å². The predicted molar refractivity (Wildman–Crippen MR) is 99.8 cm³/mol. The summed E-state index contributed by atoms with van der Waals surface area (Å²) in [6.07, 6.45) is -2.57. The summed E-state index contributed by atoms with van der Waals surface area (Å²) in [7, 11) is -1.39. The molecule has 0 bridgehead atoms. The number of piperazine rings is 1. The Morgan fingerprint density at radius 2 is 1.79 bits per heavy atom. The van der Waals surface area contributed by atoms with E-state index in [0.717, 1.165) is 0 Å². The molecule has 1 aliphatic heterocycles. The molecular formula is C13H26F3IN4O2S. The molecule has 24 heavy (non-hydrogen) atoms. The molecule has 0 saturated carbocycles. The fourth-order valence-electron chi connectivity index (χ4n) is 2.39. The largest absolute Gasteiger partial charge is 0.403 e. The maximum atomic E-state index is 12.7. The van der Waals surface area contributed by atoms with Crippen molar-refractivity contribution in [1.82, 2.24) is 15.1 Å². The van der Waals surface area contributed by atoms with Gasteiger partial charge in [0.25, 0.3) is 0 Å². The number of aliphatic imine (C=N–C) groups is 1. The molecule has 1 heterocycles. The first kappa shape index (κ1) is 23.7. The summed E-state index contributed by atoms with van der Waals surface area (Å²) in [6.45, 7) is 3.15. The Kier molecular flexibility index (Phi) is 9.87. The first-order valence-corrected chi connectivity index (χ1v) is 9.54. The van der Waals surface area contributed by atoms with Crippen molar-refractivity contribution in [3.05, 3.63) is 0 Å². The first-order valence-electron chi connectivity index (χ1n) is 7.48. The van der Waals surface area contributed by atoms with E-state index in [1.807, 2.05) is 4.90 Å². The second-order valence-corrected chi connectivity index (χ2v) is 7.96. The van der Waals surface area contributed by atoms with Crippen LogP contribution in [0.25, 0.3) is 0 Å². The molecule has 1 unspecified atom stereocenters. The van der Waals surface area contributed by atoms with Gasteiger partial charge in [-0.05, 0) is 13.3 Å². The number of sulfone groups is 1. The third-order valence-electron chi connectivity index (χ3n) is 3.82. The van der Waals surface area contributed by atoms with Crippen LogP contribution in [-0.2, 0) is 9.84 Å². The van der Waals surface area contributed by atoms with Crippen LogP contribution in [0.15, 0.2) is 4.99 Å². The SMILES string of the molecule is CN=C(NCCCS(C)(=O)=O)N1CCN(C(C)C(F)(F)F)CC1.I. The Balaban J connectivity index is 0.00000529. The minimum atomic E-state index is -4.21. The van der Waals surface area contributed by atoms with Crippen molar-refractivity contribution in [2.45, 2.75) is 25.6 Å². The van der Waals surface area contributed by atoms with Crippen LogP contribution in [0.5, 0.6) is 0 Å². The summed E-state index contributed by atoms with van der Waals surface area (Å²) >= 11 is 0. The van der Waals surface area contributed by atoms with E-state index in [9.17, 15) is 21.6 Å². The van der Waals surface area contributed by atoms with Crippen LogP contribution < -0.4 is 5.32 Å². The second kappa shape index (κ2) is 10.00. The summed E-state index contributed by atoms with van der Waals surface area (Å²) in [4.78, 5) is 7.40. The van der Waals surface area contributed by atoms with Crippen LogP contribution in [0, 0.1) is 0 Å². The molecular weight excluding hydrogens is 460 g/mol. The third kappa shape index (κ3) is 8.19. The Morgan fingerprint density at radius 1 is 1.25 bits per heavy atom. The van der Waals surface area contributed by atoms with Crippen LogP contribution in [0.3, 0.4) is 0 Å². The van der Waals surface area contributed by atoms with Crippen molar-refractivity contribution in [3.63, 3.8) is 0 Å². The average molecular weight is 486 g/mol. The third-order valence-corrected chi connectivity index (χ3v) is 4.85. The molecule has 1 atom stereocenters. The summed E-state index contributed by atoms with van der Waals surface area (Å²) < 4.78 is 60.3. The molecule has 6 nitrogen and oxygen atoms in total. The minimum Gasteiger partial charge on any atom is -0.356 e. The fraction of sp³-hybridized carbons (Fsp3) is 0.923. The van der Waals surface area contributed by atoms with Gasteiger partial charge in [0.15, 0.2) is 5.96 Å². The van der Waals surface area contributed by atoms with Gasteiger partial charge >= 0.3 is 6.18 Å². The monoisotopic (exact) mass is 486 g/mol. The van der Waals surface area contributed by atoms with Crippen LogP contribution >= 0.6 is 24.0 Å². The van der Waals surface area contributed by atoms with Gasteiger partial charge in [-0.1, -0.05) is 0 Å². The maximum absolute atomic E-state index is 12.7. The fourth-order valence-corrected chi connectivity index (χ4v) is 3.06. The summed E-state index contributed by atoms with van der Waals surface area (Å²) in [5.41, 5.74) is 0. The van der Waals surface area contributed by atoms with Crippen molar-refractivity contribution in [2.75, 3.05) is 51.8 Å². The molecule has 11 heteroatoms. The lowest BCUT2D eigenvalue weighted by Gasteiger charge is -2.39. The van der Waals surface area contributed by atoms with Gasteiger partial charge in [0.2, 0.25) is 0 Å². The number of alkyl halides is 3. The number of nitrogens with zero attached hydrogens (tertiary/aromatic N) is 3. The topological polar surface area (TPSA) is 65.0 Å². The molecule has 1 saturated heterocycles. The van der Waals surface area contributed by atoms with Gasteiger partial charge in [0.05, 0.1) is 5.75 Å². The van der Waals surface area contributed by atoms with E-state index in [2.05, 4.69) is 10.3 Å². The van der Waals surface area contributed by atoms with E-state index in [4.69, 9.17) is 0 Å². The Hall–Kier alpha value is -0.300. The highest BCUT2D eigenvalue weighted by atomic mass is 127. The molecule has 0 radical (unpaired) electrons. The summed E-state index contributed by atoms with van der Waals surface area (Å²) in [5.74, 6) is 0.686. The highest BCUT2D eigenvalue weighted by Crippen LogP contribution is 2.25. The van der Waals surface area contributed by atoms with Gasteiger partial charge in [-0.3, -0.25) is 9.89 Å². The van der Waals surface area contributed by atoms with Gasteiger partial charge in [0, 0.05) is 46.0 Å². The van der Waals surface area contributed by atoms with E-state index >= 15 is 0 Å². The quantitative estimate of drug-likeness (QED) is 0.274. The lowest BCUT2D eigenvalue weighted by molar-refractivity contribution is -0.181. The number of halogens is 4. The van der Waals surface area contributed by atoms with Gasteiger partial charge in [-0.25, -0.2) is 8.42 Å². The van der Waals surface area contributed by atoms with Crippen molar-refractivity contribution in [1.29, 1.82) is 0 Å². The molecule has 144 valence electrons. The van der Waals surface area contributed by atoms with Crippen molar-refractivity contribution < 1.29 is 21.6 Å². The summed E-state index contributed by atoms with van der Waals surface area (Å²) in [5, 5.41) is 3.06. The second-order valence-electron chi connectivity index (χ2n) is 5.70. The van der Waals surface area contributed by atoms with E-state index in [1.165, 1.54) is 18.1 Å². The molecule has 0 aromatic heterocycles. The highest BCUT2D eigenvalue weighted by Gasteiger charge is 2.41. The van der Waals surface area contributed by atoms with Crippen LogP contribution in [-0.4, -0.2) is 88.2 Å². The Bertz CT molecular complexity index is 506. The lowest BCUT2D eigenvalue weighted by Crippen LogP contribution is -2.56. The predicted octanol–water partition coefficient (Wildman–Crippen LogP) is 1.18. The van der Waals surface area contributed by atoms with E-state index in [-0.39, 0.29) is 29.7 Å². The van der Waals surface area contributed by atoms with Crippen LogP contribution in [0.4, 0.5) is 13.2 Å². The molecule has 0 aromatic carbocycles. The van der Waals surface area contributed by atoms with Gasteiger partial charge in [0.1, 0.15) is 15.9 Å². The molecule has 0 aliphatic carbocycles. The number of nitrogens with one attached hydrogen (secondary N) is 1. The van der Waals surface area contributed by atoms with E-state index < -0.39 is 22.1 Å². The van der Waals surface area contributed by atoms with Gasteiger partial charge in [-0.15, -0.1) is 24.0 Å². The van der Waals surface area contributed by atoms with Crippen molar-refractivity contribution >= 4 is 39.8 Å². The molecule has 1 aliphatic rings. The maximum Gasteiger partial charge on any atom is 0.403 e. The van der Waals surface area contributed by atoms with Gasteiger partial charge in [-0.2, -0.15) is 13.2 Å². The highest BCUT2D eigenvalue weighted by molar-refractivity contribution is 14.0. The molecule has 1 fully saturated rings. The van der Waals surface area contributed by atoms with Crippen molar-refractivity contribution in [3.8, 4) is 0 Å². The smallest absolute Gasteiger partial charge is 0.356 e. The zero-order valence-electron chi connectivity index (χ0n) is 14.1. The number of hydrogen-bond acceptors (Lipinski definition) is 4. The molecule has 0 aromatic rings. The zero-order chi connectivity index (χ0) is 17.7. The minimum absolute atomic E-state index is 0. The molecule has 1 N–H and O–H groups in total. The van der Waals surface area contributed by atoms with E-state index in [1.54, 1.807) is 7.05 Å². The van der Waals surface area contributed by atoms with Gasteiger partial charge < -0.3 is 10.2 Å². The number of hydrogen-bond donors (Lipinski definition) is 1. The first-order chi connectivity index (χ1) is 10.5. The lowest BCUT2D eigenvalue weighted by atomic mass is 10.2. The number of rotatable bonds is 5.